The van der Waals surface area contributed by atoms with Crippen molar-refractivity contribution in [1.29, 1.82) is 0 Å². The van der Waals surface area contributed by atoms with Gasteiger partial charge in [0.05, 0.1) is 19.8 Å². The van der Waals surface area contributed by atoms with Gasteiger partial charge < -0.3 is 20.1 Å². The Labute approximate surface area is 183 Å². The first-order chi connectivity index (χ1) is 13.2. The minimum Gasteiger partial charge on any atom is -0.494 e. The molecule has 2 aromatic rings. The molecule has 0 aromatic heterocycles. The molecule has 0 bridgehead atoms. The highest BCUT2D eigenvalue weighted by molar-refractivity contribution is 14.0. The normalized spacial score (nSPS) is 10.9. The molecule has 0 fully saturated rings. The molecule has 0 saturated carbocycles. The lowest BCUT2D eigenvalue weighted by Crippen LogP contribution is -2.38. The van der Waals surface area contributed by atoms with Crippen LogP contribution in [0.5, 0.6) is 5.75 Å². The Morgan fingerprint density at radius 2 is 1.89 bits per heavy atom. The summed E-state index contributed by atoms with van der Waals surface area (Å²) < 4.78 is 24.4. The zero-order valence-corrected chi connectivity index (χ0v) is 18.7. The lowest BCUT2D eigenvalue weighted by Gasteiger charge is -2.12. The first-order valence-corrected chi connectivity index (χ1v) is 9.19. The van der Waals surface area contributed by atoms with Crippen LogP contribution in [0.4, 0.5) is 4.39 Å². The number of rotatable bonds is 10. The fourth-order valence-electron chi connectivity index (χ4n) is 2.49. The van der Waals surface area contributed by atoms with Crippen LogP contribution in [-0.4, -0.2) is 32.8 Å². The lowest BCUT2D eigenvalue weighted by atomic mass is 10.1. The van der Waals surface area contributed by atoms with Crippen molar-refractivity contribution in [2.45, 2.75) is 26.5 Å². The summed E-state index contributed by atoms with van der Waals surface area (Å²) in [6.07, 6.45) is 0.855. The Morgan fingerprint density at radius 1 is 1.11 bits per heavy atom. The van der Waals surface area contributed by atoms with E-state index < -0.39 is 0 Å². The largest absolute Gasteiger partial charge is 0.494 e. The summed E-state index contributed by atoms with van der Waals surface area (Å²) in [4.78, 5) is 4.56. The molecule has 0 radical (unpaired) electrons. The predicted octanol–water partition coefficient (Wildman–Crippen LogP) is 4.11. The van der Waals surface area contributed by atoms with E-state index in [2.05, 4.69) is 15.6 Å². The zero-order chi connectivity index (χ0) is 19.3. The van der Waals surface area contributed by atoms with Crippen molar-refractivity contribution in [3.8, 4) is 5.75 Å². The number of hydrogen-bond acceptors (Lipinski definition) is 3. The molecule has 0 atom stereocenters. The van der Waals surface area contributed by atoms with Gasteiger partial charge in [-0.3, -0.25) is 0 Å². The Bertz CT molecular complexity index is 714. The fraction of sp³-hybridized carbons (Fsp3) is 0.381. The Kier molecular flexibility index (Phi) is 12.2. The summed E-state index contributed by atoms with van der Waals surface area (Å²) in [5.74, 6) is 1.35. The van der Waals surface area contributed by atoms with Crippen molar-refractivity contribution in [2.24, 2.45) is 4.99 Å². The molecule has 0 aliphatic carbocycles. The maximum absolute atomic E-state index is 13.7. The van der Waals surface area contributed by atoms with E-state index >= 15 is 0 Å². The third kappa shape index (κ3) is 8.88. The Hall–Kier alpha value is -1.87. The number of methoxy groups -OCH3 is 1. The Balaban J connectivity index is 0.00000392. The third-order valence-electron chi connectivity index (χ3n) is 3.80. The standard InChI is InChI=1S/C21H28FN3O2.HI/c1-3-23-21(24-12-7-13-27-19-8-5-4-6-9-19)25-15-17-10-11-20(22)18(14-17)16-26-2;/h4-6,8-11,14H,3,7,12-13,15-16H2,1-2H3,(H2,23,24,25);1H. The van der Waals surface area contributed by atoms with Crippen molar-refractivity contribution in [1.82, 2.24) is 10.6 Å². The van der Waals surface area contributed by atoms with Crippen LogP contribution >= 0.6 is 24.0 Å². The molecule has 2 rings (SSSR count). The third-order valence-corrected chi connectivity index (χ3v) is 3.80. The number of halogens is 2. The van der Waals surface area contributed by atoms with E-state index in [1.807, 2.05) is 37.3 Å². The number of nitrogens with one attached hydrogen (secondary N) is 2. The van der Waals surface area contributed by atoms with Crippen molar-refractivity contribution < 1.29 is 13.9 Å². The van der Waals surface area contributed by atoms with Gasteiger partial charge in [-0.1, -0.05) is 24.3 Å². The van der Waals surface area contributed by atoms with Crippen molar-refractivity contribution in [3.05, 3.63) is 65.5 Å². The minimum absolute atomic E-state index is 0. The second kappa shape index (κ2) is 14.2. The van der Waals surface area contributed by atoms with Crippen LogP contribution in [0.1, 0.15) is 24.5 Å². The molecule has 5 nitrogen and oxygen atoms in total. The van der Waals surface area contributed by atoms with Gasteiger partial charge >= 0.3 is 0 Å². The summed E-state index contributed by atoms with van der Waals surface area (Å²) in [7, 11) is 1.55. The predicted molar refractivity (Wildman–Crippen MR) is 122 cm³/mol. The molecule has 28 heavy (non-hydrogen) atoms. The van der Waals surface area contributed by atoms with Crippen molar-refractivity contribution >= 4 is 29.9 Å². The van der Waals surface area contributed by atoms with Gasteiger partial charge in [0.2, 0.25) is 0 Å². The molecule has 154 valence electrons. The highest BCUT2D eigenvalue weighted by Crippen LogP contribution is 2.12. The number of guanidine groups is 1. The second-order valence-electron chi connectivity index (χ2n) is 6.00. The summed E-state index contributed by atoms with van der Waals surface area (Å²) in [5, 5.41) is 6.50. The maximum atomic E-state index is 13.7. The first kappa shape index (κ1) is 24.2. The van der Waals surface area contributed by atoms with Gasteiger partial charge in [-0.25, -0.2) is 9.38 Å². The zero-order valence-electron chi connectivity index (χ0n) is 16.4. The molecule has 0 unspecified atom stereocenters. The lowest BCUT2D eigenvalue weighted by molar-refractivity contribution is 0.181. The molecule has 0 aliphatic rings. The van der Waals surface area contributed by atoms with Crippen molar-refractivity contribution in [2.75, 3.05) is 26.8 Å². The van der Waals surface area contributed by atoms with Crippen molar-refractivity contribution in [3.63, 3.8) is 0 Å². The number of nitrogens with zero attached hydrogens (tertiary/aromatic N) is 1. The summed E-state index contributed by atoms with van der Waals surface area (Å²) in [5.41, 5.74) is 1.48. The average molecular weight is 501 g/mol. The number of para-hydroxylation sites is 1. The first-order valence-electron chi connectivity index (χ1n) is 9.19. The van der Waals surface area contributed by atoms with E-state index in [9.17, 15) is 4.39 Å². The second-order valence-corrected chi connectivity index (χ2v) is 6.00. The molecule has 0 saturated heterocycles. The van der Waals surface area contributed by atoms with E-state index in [1.165, 1.54) is 6.07 Å². The number of ether oxygens (including phenoxy) is 2. The molecular formula is C21H29FIN3O2. The van der Waals surface area contributed by atoms with Gasteiger partial charge in [0.15, 0.2) is 5.96 Å². The molecule has 2 N–H and O–H groups in total. The van der Waals surface area contributed by atoms with E-state index in [0.29, 0.717) is 18.7 Å². The van der Waals surface area contributed by atoms with E-state index in [-0.39, 0.29) is 36.4 Å². The van der Waals surface area contributed by atoms with E-state index in [4.69, 9.17) is 9.47 Å². The maximum Gasteiger partial charge on any atom is 0.191 e. The topological polar surface area (TPSA) is 54.9 Å². The van der Waals surface area contributed by atoms with Crippen LogP contribution in [0.3, 0.4) is 0 Å². The van der Waals surface area contributed by atoms with Gasteiger partial charge in [-0.2, -0.15) is 0 Å². The number of hydrogen-bond donors (Lipinski definition) is 2. The Morgan fingerprint density at radius 3 is 2.61 bits per heavy atom. The van der Waals surface area contributed by atoms with Gasteiger partial charge in [0, 0.05) is 25.8 Å². The fourth-order valence-corrected chi connectivity index (χ4v) is 2.49. The summed E-state index contributed by atoms with van der Waals surface area (Å²) >= 11 is 0. The molecule has 0 amide bonds. The SMILES string of the molecule is CCNC(=NCc1ccc(F)c(COC)c1)NCCCOc1ccccc1.I. The summed E-state index contributed by atoms with van der Waals surface area (Å²) in [6.45, 7) is 4.89. The average Bonchev–Trinajstić information content (AvgIpc) is 2.69. The monoisotopic (exact) mass is 501 g/mol. The molecule has 0 heterocycles. The number of aliphatic imine (C=N–C) groups is 1. The molecular weight excluding hydrogens is 472 g/mol. The molecule has 0 aliphatic heterocycles. The molecule has 2 aromatic carbocycles. The van der Waals surface area contributed by atoms with Crippen LogP contribution in [-0.2, 0) is 17.9 Å². The van der Waals surface area contributed by atoms with Gasteiger partial charge in [-0.05, 0) is 43.2 Å². The van der Waals surface area contributed by atoms with Gasteiger partial charge in [-0.15, -0.1) is 24.0 Å². The van der Waals surface area contributed by atoms with Gasteiger partial charge in [0.25, 0.3) is 0 Å². The number of benzene rings is 2. The van der Waals surface area contributed by atoms with Crippen LogP contribution in [0, 0.1) is 5.82 Å². The van der Waals surface area contributed by atoms with Crippen LogP contribution in [0.15, 0.2) is 53.5 Å². The quantitative estimate of drug-likeness (QED) is 0.223. The van der Waals surface area contributed by atoms with Crippen LogP contribution < -0.4 is 15.4 Å². The van der Waals surface area contributed by atoms with E-state index in [1.54, 1.807) is 19.2 Å². The summed E-state index contributed by atoms with van der Waals surface area (Å²) in [6, 6.07) is 14.8. The minimum atomic E-state index is -0.256. The van der Waals surface area contributed by atoms with Crippen LogP contribution in [0.2, 0.25) is 0 Å². The van der Waals surface area contributed by atoms with Gasteiger partial charge in [0.1, 0.15) is 11.6 Å². The highest BCUT2D eigenvalue weighted by atomic mass is 127. The van der Waals surface area contributed by atoms with Crippen LogP contribution in [0.25, 0.3) is 0 Å². The smallest absolute Gasteiger partial charge is 0.191 e. The highest BCUT2D eigenvalue weighted by Gasteiger charge is 2.04. The molecule has 7 heteroatoms. The van der Waals surface area contributed by atoms with E-state index in [0.717, 1.165) is 36.8 Å². The molecule has 0 spiro atoms.